The van der Waals surface area contributed by atoms with Gasteiger partial charge >= 0.3 is 5.97 Å². The predicted molar refractivity (Wildman–Crippen MR) is 73.6 cm³/mol. The van der Waals surface area contributed by atoms with Crippen molar-refractivity contribution in [1.82, 2.24) is 4.90 Å². The topological polar surface area (TPSA) is 103 Å². The van der Waals surface area contributed by atoms with E-state index in [2.05, 4.69) is 5.32 Å². The number of carboxylic acid groups (broad SMARTS) is 1. The summed E-state index contributed by atoms with van der Waals surface area (Å²) in [6.45, 7) is 1.06. The summed E-state index contributed by atoms with van der Waals surface area (Å²) < 4.78 is 5.09. The van der Waals surface area contributed by atoms with E-state index in [-0.39, 0.29) is 25.6 Å². The molecule has 7 nitrogen and oxygen atoms in total. The highest BCUT2D eigenvalue weighted by Crippen LogP contribution is 2.10. The molecule has 2 N–H and O–H groups in total. The largest absolute Gasteiger partial charge is 0.479 e. The Labute approximate surface area is 121 Å². The molecule has 21 heavy (non-hydrogen) atoms. The molecule has 1 fully saturated rings. The van der Waals surface area contributed by atoms with Crippen LogP contribution in [0.1, 0.15) is 5.56 Å². The van der Waals surface area contributed by atoms with Gasteiger partial charge in [-0.15, -0.1) is 0 Å². The molecule has 110 valence electrons. The molecule has 0 aromatic heterocycles. The zero-order valence-electron chi connectivity index (χ0n) is 11.3. The maximum absolute atomic E-state index is 11.9. The number of hydrogen-bond donors (Lipinski definition) is 2. The van der Waals surface area contributed by atoms with Crippen LogP contribution in [0.15, 0.2) is 24.3 Å². The third kappa shape index (κ3) is 4.27. The first-order valence-corrected chi connectivity index (χ1v) is 6.45. The summed E-state index contributed by atoms with van der Waals surface area (Å²) in [7, 11) is 0. The Kier molecular flexibility index (Phi) is 4.87. The van der Waals surface area contributed by atoms with Gasteiger partial charge in [-0.25, -0.2) is 4.79 Å². The lowest BCUT2D eigenvalue weighted by molar-refractivity contribution is -0.156. The molecule has 0 bridgehead atoms. The van der Waals surface area contributed by atoms with Gasteiger partial charge in [0, 0.05) is 18.8 Å². The van der Waals surface area contributed by atoms with Crippen LogP contribution in [0.2, 0.25) is 0 Å². The smallest absolute Gasteiger partial charge is 0.334 e. The lowest BCUT2D eigenvalue weighted by atomic mass is 10.2. The van der Waals surface area contributed by atoms with Crippen molar-refractivity contribution in [1.29, 1.82) is 5.26 Å². The fourth-order valence-electron chi connectivity index (χ4n) is 2.07. The van der Waals surface area contributed by atoms with E-state index in [1.54, 1.807) is 29.2 Å². The first-order chi connectivity index (χ1) is 10.1. The molecule has 1 aliphatic heterocycles. The molecule has 1 aromatic carbocycles. The second-order valence-corrected chi connectivity index (χ2v) is 4.67. The Balaban J connectivity index is 1.89. The van der Waals surface area contributed by atoms with Crippen LogP contribution in [0.25, 0.3) is 0 Å². The van der Waals surface area contributed by atoms with Gasteiger partial charge in [0.25, 0.3) is 0 Å². The van der Waals surface area contributed by atoms with E-state index in [1.165, 1.54) is 0 Å². The van der Waals surface area contributed by atoms with E-state index >= 15 is 0 Å². The Hall–Kier alpha value is -2.43. The third-order valence-electron chi connectivity index (χ3n) is 3.07. The zero-order chi connectivity index (χ0) is 15.2. The average molecular weight is 289 g/mol. The second-order valence-electron chi connectivity index (χ2n) is 4.67. The molecule has 2 rings (SSSR count). The van der Waals surface area contributed by atoms with Crippen LogP contribution in [0.3, 0.4) is 0 Å². The Bertz CT molecular complexity index is 582. The lowest BCUT2D eigenvalue weighted by Gasteiger charge is -2.30. The Morgan fingerprint density at radius 3 is 3.05 bits per heavy atom. The summed E-state index contributed by atoms with van der Waals surface area (Å²) >= 11 is 0. The summed E-state index contributed by atoms with van der Waals surface area (Å²) in [5.41, 5.74) is 1.01. The first kappa shape index (κ1) is 15.0. The van der Waals surface area contributed by atoms with Crippen molar-refractivity contribution in [3.8, 4) is 6.07 Å². The van der Waals surface area contributed by atoms with Gasteiger partial charge in [0.15, 0.2) is 6.10 Å². The van der Waals surface area contributed by atoms with E-state index in [0.29, 0.717) is 17.8 Å². The van der Waals surface area contributed by atoms with Crippen molar-refractivity contribution in [3.05, 3.63) is 29.8 Å². The Morgan fingerprint density at radius 2 is 2.33 bits per heavy atom. The maximum atomic E-state index is 11.9. The number of carbonyl (C=O) groups is 2. The van der Waals surface area contributed by atoms with E-state index in [1.807, 2.05) is 6.07 Å². The van der Waals surface area contributed by atoms with Gasteiger partial charge in [0.05, 0.1) is 24.8 Å². The molecular formula is C14H15N3O4. The van der Waals surface area contributed by atoms with Crippen LogP contribution in [0.4, 0.5) is 5.69 Å². The highest BCUT2D eigenvalue weighted by molar-refractivity contribution is 5.92. The molecule has 1 saturated heterocycles. The molecule has 0 spiro atoms. The highest BCUT2D eigenvalue weighted by atomic mass is 16.5. The third-order valence-corrected chi connectivity index (χ3v) is 3.07. The van der Waals surface area contributed by atoms with Crippen LogP contribution in [0.5, 0.6) is 0 Å². The molecule has 1 atom stereocenters. The highest BCUT2D eigenvalue weighted by Gasteiger charge is 2.27. The van der Waals surface area contributed by atoms with Crippen molar-refractivity contribution >= 4 is 17.6 Å². The quantitative estimate of drug-likeness (QED) is 0.825. The maximum Gasteiger partial charge on any atom is 0.334 e. The Morgan fingerprint density at radius 1 is 1.52 bits per heavy atom. The summed E-state index contributed by atoms with van der Waals surface area (Å²) in [4.78, 5) is 24.5. The molecule has 1 amide bonds. The van der Waals surface area contributed by atoms with Crippen LogP contribution in [-0.2, 0) is 14.3 Å². The fraction of sp³-hybridized carbons (Fsp3) is 0.357. The fourth-order valence-corrected chi connectivity index (χ4v) is 2.07. The van der Waals surface area contributed by atoms with E-state index < -0.39 is 12.1 Å². The number of aliphatic carboxylic acids is 1. The minimum Gasteiger partial charge on any atom is -0.479 e. The summed E-state index contributed by atoms with van der Waals surface area (Å²) in [5, 5.41) is 20.4. The molecular weight excluding hydrogens is 274 g/mol. The molecule has 1 aromatic rings. The van der Waals surface area contributed by atoms with Crippen molar-refractivity contribution in [3.63, 3.8) is 0 Å². The van der Waals surface area contributed by atoms with Gasteiger partial charge in [-0.3, -0.25) is 9.69 Å². The van der Waals surface area contributed by atoms with Crippen LogP contribution < -0.4 is 5.32 Å². The molecule has 0 radical (unpaired) electrons. The first-order valence-electron chi connectivity index (χ1n) is 6.45. The minimum atomic E-state index is -1.03. The van der Waals surface area contributed by atoms with E-state index in [4.69, 9.17) is 15.1 Å². The van der Waals surface area contributed by atoms with E-state index in [9.17, 15) is 9.59 Å². The molecule has 1 heterocycles. The zero-order valence-corrected chi connectivity index (χ0v) is 11.3. The van der Waals surface area contributed by atoms with Crippen molar-refractivity contribution in [2.24, 2.45) is 0 Å². The number of nitriles is 1. The number of morpholine rings is 1. The number of benzene rings is 1. The number of amides is 1. The van der Waals surface area contributed by atoms with Gasteiger partial charge < -0.3 is 15.2 Å². The number of carbonyl (C=O) groups excluding carboxylic acids is 1. The van der Waals surface area contributed by atoms with Crippen molar-refractivity contribution in [2.45, 2.75) is 6.10 Å². The number of carboxylic acids is 1. The summed E-state index contributed by atoms with van der Waals surface area (Å²) in [6.07, 6.45) is -0.895. The van der Waals surface area contributed by atoms with Crippen molar-refractivity contribution < 1.29 is 19.4 Å². The molecule has 1 unspecified atom stereocenters. The number of anilines is 1. The number of nitrogens with zero attached hydrogens (tertiary/aromatic N) is 2. The summed E-state index contributed by atoms with van der Waals surface area (Å²) in [5.74, 6) is -1.28. The number of nitrogens with one attached hydrogen (secondary N) is 1. The molecule has 0 saturated carbocycles. The SMILES string of the molecule is N#Cc1cccc(NC(=O)CN2CCOC(C(=O)O)C2)c1. The van der Waals surface area contributed by atoms with E-state index in [0.717, 1.165) is 0 Å². The molecule has 0 aliphatic carbocycles. The standard InChI is InChI=1S/C14H15N3O4/c15-7-10-2-1-3-11(6-10)16-13(18)9-17-4-5-21-12(8-17)14(19)20/h1-3,6,12H,4-5,8-9H2,(H,16,18)(H,19,20). The van der Waals surface area contributed by atoms with Gasteiger partial charge in [-0.05, 0) is 18.2 Å². The van der Waals surface area contributed by atoms with Gasteiger partial charge in [-0.1, -0.05) is 6.07 Å². The minimum absolute atomic E-state index is 0.0872. The molecule has 7 heteroatoms. The van der Waals surface area contributed by atoms with Crippen LogP contribution in [0, 0.1) is 11.3 Å². The lowest BCUT2D eigenvalue weighted by Crippen LogP contribution is -2.48. The predicted octanol–water partition coefficient (Wildman–Crippen LogP) is 0.282. The number of hydrogen-bond acceptors (Lipinski definition) is 5. The summed E-state index contributed by atoms with van der Waals surface area (Å²) in [6, 6.07) is 8.60. The normalized spacial score (nSPS) is 18.7. The number of rotatable bonds is 4. The van der Waals surface area contributed by atoms with Gasteiger partial charge in [0.2, 0.25) is 5.91 Å². The van der Waals surface area contributed by atoms with Gasteiger partial charge in [-0.2, -0.15) is 5.26 Å². The van der Waals surface area contributed by atoms with Crippen LogP contribution >= 0.6 is 0 Å². The van der Waals surface area contributed by atoms with Crippen molar-refractivity contribution in [2.75, 3.05) is 31.6 Å². The van der Waals surface area contributed by atoms with Crippen LogP contribution in [-0.4, -0.2) is 54.2 Å². The van der Waals surface area contributed by atoms with Gasteiger partial charge in [0.1, 0.15) is 0 Å². The average Bonchev–Trinajstić information content (AvgIpc) is 2.47. The monoisotopic (exact) mass is 289 g/mol. The number of ether oxygens (including phenoxy) is 1. The molecule has 1 aliphatic rings. The second kappa shape index (κ2) is 6.83.